The fourth-order valence-corrected chi connectivity index (χ4v) is 5.17. The van der Waals surface area contributed by atoms with Crippen molar-refractivity contribution in [3.63, 3.8) is 0 Å². The summed E-state index contributed by atoms with van der Waals surface area (Å²) >= 11 is 0. The molecule has 4 aromatic carbocycles. The number of anilines is 1. The zero-order valence-electron chi connectivity index (χ0n) is 28.5. The highest BCUT2D eigenvalue weighted by Crippen LogP contribution is 2.30. The molecule has 9 nitrogen and oxygen atoms in total. The number of methoxy groups -OCH3 is 1. The van der Waals surface area contributed by atoms with Crippen LogP contribution in [0.3, 0.4) is 0 Å². The number of Topliss-reactive ketones (excluding diaryl/α,β-unsaturated/α-hetero) is 1. The summed E-state index contributed by atoms with van der Waals surface area (Å²) in [5, 5.41) is 5.61. The van der Waals surface area contributed by atoms with Crippen molar-refractivity contribution in [2.75, 3.05) is 19.0 Å². The Labute approximate surface area is 288 Å². The van der Waals surface area contributed by atoms with Crippen molar-refractivity contribution in [3.8, 4) is 17.2 Å². The maximum atomic E-state index is 13.2. The number of hydrogen-bond acceptors (Lipinski definition) is 7. The normalized spacial score (nSPS) is 11.3. The fourth-order valence-electron chi connectivity index (χ4n) is 5.17. The molecule has 0 spiro atoms. The minimum Gasteiger partial charge on any atom is -0.494 e. The minimum absolute atomic E-state index is 0.176. The van der Waals surface area contributed by atoms with Gasteiger partial charge < -0.3 is 24.8 Å². The maximum absolute atomic E-state index is 13.2. The predicted molar refractivity (Wildman–Crippen MR) is 190 cm³/mol. The van der Waals surface area contributed by atoms with Gasteiger partial charge in [-0.15, -0.1) is 0 Å². The van der Waals surface area contributed by atoms with Crippen molar-refractivity contribution in [2.45, 2.75) is 65.3 Å². The number of carbonyl (C=O) groups excluding carboxylic acids is 4. The summed E-state index contributed by atoms with van der Waals surface area (Å²) < 4.78 is 16.9. The van der Waals surface area contributed by atoms with Gasteiger partial charge in [0, 0.05) is 16.8 Å². The summed E-state index contributed by atoms with van der Waals surface area (Å²) in [6.45, 7) is 6.12. The molecule has 2 amide bonds. The molecule has 0 aliphatic heterocycles. The lowest BCUT2D eigenvalue weighted by Gasteiger charge is -2.18. The second kappa shape index (κ2) is 18.2. The van der Waals surface area contributed by atoms with Crippen LogP contribution in [-0.2, 0) is 11.2 Å². The fraction of sp³-hybridized carbons (Fsp3) is 0.300. The molecule has 0 aliphatic carbocycles. The molecule has 256 valence electrons. The number of rotatable bonds is 17. The van der Waals surface area contributed by atoms with Gasteiger partial charge in [-0.1, -0.05) is 62.4 Å². The molecular formula is C40H44N2O7. The van der Waals surface area contributed by atoms with E-state index >= 15 is 0 Å². The van der Waals surface area contributed by atoms with Gasteiger partial charge >= 0.3 is 5.97 Å². The van der Waals surface area contributed by atoms with Crippen LogP contribution in [0.4, 0.5) is 5.69 Å². The van der Waals surface area contributed by atoms with Crippen molar-refractivity contribution in [1.82, 2.24) is 5.32 Å². The van der Waals surface area contributed by atoms with Gasteiger partial charge in [0.15, 0.2) is 17.3 Å². The third kappa shape index (κ3) is 11.1. The highest BCUT2D eigenvalue weighted by Gasteiger charge is 2.21. The van der Waals surface area contributed by atoms with Crippen LogP contribution >= 0.6 is 0 Å². The van der Waals surface area contributed by atoms with E-state index in [1.54, 1.807) is 84.9 Å². The molecule has 0 aliphatic rings. The van der Waals surface area contributed by atoms with Gasteiger partial charge in [-0.2, -0.15) is 0 Å². The Morgan fingerprint density at radius 3 is 2.14 bits per heavy atom. The molecule has 1 unspecified atom stereocenters. The van der Waals surface area contributed by atoms with Crippen LogP contribution in [0.5, 0.6) is 17.2 Å². The number of benzene rings is 4. The molecule has 0 bridgehead atoms. The van der Waals surface area contributed by atoms with Gasteiger partial charge in [-0.25, -0.2) is 4.79 Å². The van der Waals surface area contributed by atoms with Gasteiger partial charge in [-0.3, -0.25) is 14.4 Å². The first-order valence-corrected chi connectivity index (χ1v) is 16.6. The molecule has 2 N–H and O–H groups in total. The Morgan fingerprint density at radius 1 is 0.735 bits per heavy atom. The van der Waals surface area contributed by atoms with Gasteiger partial charge in [0.1, 0.15) is 5.75 Å². The van der Waals surface area contributed by atoms with Crippen LogP contribution in [0, 0.1) is 6.92 Å². The van der Waals surface area contributed by atoms with Gasteiger partial charge in [0.25, 0.3) is 11.8 Å². The van der Waals surface area contributed by atoms with E-state index in [0.717, 1.165) is 18.4 Å². The molecular weight excluding hydrogens is 620 g/mol. The summed E-state index contributed by atoms with van der Waals surface area (Å²) in [7, 11) is 1.46. The lowest BCUT2D eigenvalue weighted by Crippen LogP contribution is -2.41. The van der Waals surface area contributed by atoms with Gasteiger partial charge in [0.05, 0.1) is 25.3 Å². The standard InChI is InChI=1S/C40H44N2O7/c1-5-6-7-8-9-22-48-34-19-17-30(18-20-34)40(46)49-36-21-16-29(25-37(36)47-4)24-35(28(3)43)42-39(45)32-14-11-15-33(26-32)41-38(44)31-13-10-12-27(2)23-31/h10-21,23,25-26,35H,5-9,22,24H2,1-4H3,(H,41,44)(H,42,45). The van der Waals surface area contributed by atoms with Crippen LogP contribution < -0.4 is 24.8 Å². The second-order valence-corrected chi connectivity index (χ2v) is 11.9. The number of ketones is 1. The minimum atomic E-state index is -0.840. The summed E-state index contributed by atoms with van der Waals surface area (Å²) in [5.74, 6) is -0.334. The molecule has 0 radical (unpaired) electrons. The molecule has 49 heavy (non-hydrogen) atoms. The number of aryl methyl sites for hydroxylation is 1. The average molecular weight is 665 g/mol. The van der Waals surface area contributed by atoms with Crippen LogP contribution in [0.25, 0.3) is 0 Å². The Balaban J connectivity index is 1.35. The number of esters is 1. The van der Waals surface area contributed by atoms with E-state index < -0.39 is 17.9 Å². The number of ether oxygens (including phenoxy) is 3. The molecule has 0 aromatic heterocycles. The topological polar surface area (TPSA) is 120 Å². The molecule has 0 saturated heterocycles. The molecule has 4 rings (SSSR count). The predicted octanol–water partition coefficient (Wildman–Crippen LogP) is 7.75. The first-order valence-electron chi connectivity index (χ1n) is 16.6. The van der Waals surface area contributed by atoms with Crippen molar-refractivity contribution in [3.05, 3.63) is 119 Å². The van der Waals surface area contributed by atoms with E-state index in [-0.39, 0.29) is 29.4 Å². The van der Waals surface area contributed by atoms with E-state index in [9.17, 15) is 19.2 Å². The lowest BCUT2D eigenvalue weighted by molar-refractivity contribution is -0.118. The molecule has 4 aromatic rings. The first-order chi connectivity index (χ1) is 23.7. The largest absolute Gasteiger partial charge is 0.494 e. The van der Waals surface area contributed by atoms with E-state index in [1.165, 1.54) is 33.3 Å². The molecule has 9 heteroatoms. The maximum Gasteiger partial charge on any atom is 0.343 e. The number of hydrogen-bond donors (Lipinski definition) is 2. The SMILES string of the molecule is CCCCCCCOc1ccc(C(=O)Oc2ccc(CC(NC(=O)c3cccc(NC(=O)c4cccc(C)c4)c3)C(C)=O)cc2OC)cc1. The molecule has 0 fully saturated rings. The third-order valence-electron chi connectivity index (χ3n) is 7.94. The summed E-state index contributed by atoms with van der Waals surface area (Å²) in [4.78, 5) is 51.4. The van der Waals surface area contributed by atoms with E-state index in [2.05, 4.69) is 17.6 Å². The molecule has 0 heterocycles. The van der Waals surface area contributed by atoms with Crippen molar-refractivity contribution >= 4 is 29.3 Å². The number of amides is 2. The first kappa shape index (κ1) is 36.4. The van der Waals surface area contributed by atoms with Crippen molar-refractivity contribution < 1.29 is 33.4 Å². The second-order valence-electron chi connectivity index (χ2n) is 11.9. The van der Waals surface area contributed by atoms with Crippen LogP contribution in [0.2, 0.25) is 0 Å². The highest BCUT2D eigenvalue weighted by molar-refractivity contribution is 6.05. The van der Waals surface area contributed by atoms with E-state index in [4.69, 9.17) is 14.2 Å². The van der Waals surface area contributed by atoms with Crippen LogP contribution in [0.15, 0.2) is 91.0 Å². The molecule has 1 atom stereocenters. The Hall–Kier alpha value is -5.44. The highest BCUT2D eigenvalue weighted by atomic mass is 16.6. The zero-order valence-corrected chi connectivity index (χ0v) is 28.5. The van der Waals surface area contributed by atoms with Crippen LogP contribution in [0.1, 0.15) is 88.2 Å². The summed E-state index contributed by atoms with van der Waals surface area (Å²) in [6, 6.07) is 24.7. The van der Waals surface area contributed by atoms with E-state index in [0.29, 0.717) is 40.5 Å². The van der Waals surface area contributed by atoms with Crippen LogP contribution in [-0.4, -0.2) is 43.3 Å². The lowest BCUT2D eigenvalue weighted by atomic mass is 10.0. The van der Waals surface area contributed by atoms with Crippen molar-refractivity contribution in [1.29, 1.82) is 0 Å². The Bertz CT molecular complexity index is 1750. The van der Waals surface area contributed by atoms with Gasteiger partial charge in [0.2, 0.25) is 0 Å². The quantitative estimate of drug-likeness (QED) is 0.0673. The third-order valence-corrected chi connectivity index (χ3v) is 7.94. The molecule has 0 saturated carbocycles. The summed E-state index contributed by atoms with van der Waals surface area (Å²) in [5.41, 5.74) is 3.25. The van der Waals surface area contributed by atoms with Crippen molar-refractivity contribution in [2.24, 2.45) is 0 Å². The van der Waals surface area contributed by atoms with Gasteiger partial charge in [-0.05, 0) is 99.0 Å². The Kier molecular flexibility index (Phi) is 13.5. The monoisotopic (exact) mass is 664 g/mol. The Morgan fingerprint density at radius 2 is 1.45 bits per heavy atom. The van der Waals surface area contributed by atoms with E-state index in [1.807, 2.05) is 13.0 Å². The number of carbonyl (C=O) groups is 4. The number of nitrogens with one attached hydrogen (secondary N) is 2. The summed E-state index contributed by atoms with van der Waals surface area (Å²) in [6.07, 6.45) is 5.94. The average Bonchev–Trinajstić information content (AvgIpc) is 3.10. The zero-order chi connectivity index (χ0) is 35.2. The smallest absolute Gasteiger partial charge is 0.343 e. The number of unbranched alkanes of at least 4 members (excludes halogenated alkanes) is 4.